The summed E-state index contributed by atoms with van der Waals surface area (Å²) in [7, 11) is -0.124. The Bertz CT molecular complexity index is 971. The van der Waals surface area contributed by atoms with Crippen molar-refractivity contribution in [1.82, 2.24) is 31.1 Å². The van der Waals surface area contributed by atoms with Crippen LogP contribution in [0.25, 0.3) is 0 Å². The van der Waals surface area contributed by atoms with Gasteiger partial charge in [0, 0.05) is 39.0 Å². The van der Waals surface area contributed by atoms with E-state index in [1.165, 1.54) is 0 Å². The molecule has 7 atom stereocenters. The van der Waals surface area contributed by atoms with E-state index in [0.717, 1.165) is 38.9 Å². The Labute approximate surface area is 242 Å². The second-order valence-electron chi connectivity index (χ2n) is 12.3. The van der Waals surface area contributed by atoms with Crippen molar-refractivity contribution in [2.45, 2.75) is 87.5 Å². The van der Waals surface area contributed by atoms with Gasteiger partial charge in [-0.15, -0.1) is 16.4 Å². The van der Waals surface area contributed by atoms with Crippen LogP contribution in [0.1, 0.15) is 57.8 Å². The number of sulfonamides is 1. The molecule has 0 aromatic carbocycles. The van der Waals surface area contributed by atoms with Crippen molar-refractivity contribution in [2.75, 3.05) is 39.7 Å². The number of methoxy groups -OCH3 is 1. The van der Waals surface area contributed by atoms with Crippen LogP contribution in [0.5, 0.6) is 0 Å². The Kier molecular flexibility index (Phi) is 11.3. The van der Waals surface area contributed by atoms with Crippen LogP contribution in [0, 0.1) is 23.7 Å². The molecular formula is C26H46ClFN6O5S. The number of hydrazine groups is 1. The molecular weight excluding hydrogens is 563 g/mol. The number of likely N-dealkylation sites (N-methyl/N-ethyl adjacent to an activating group) is 1. The van der Waals surface area contributed by atoms with E-state index < -0.39 is 33.4 Å². The topological polar surface area (TPSA) is 141 Å². The van der Waals surface area contributed by atoms with Crippen molar-refractivity contribution >= 4 is 33.6 Å². The normalized spacial score (nSPS) is 37.2. The highest BCUT2D eigenvalue weighted by Crippen LogP contribution is 2.37. The van der Waals surface area contributed by atoms with Crippen molar-refractivity contribution in [2.24, 2.45) is 23.7 Å². The number of ether oxygens (including phenoxy) is 1. The summed E-state index contributed by atoms with van der Waals surface area (Å²) < 4.78 is 45.7. The van der Waals surface area contributed by atoms with Gasteiger partial charge in [0.15, 0.2) is 0 Å². The second kappa shape index (κ2) is 14.3. The molecule has 230 valence electrons. The van der Waals surface area contributed by atoms with Gasteiger partial charge in [0.2, 0.25) is 15.9 Å². The number of amides is 3. The van der Waals surface area contributed by atoms with E-state index >= 15 is 0 Å². The average molecular weight is 609 g/mol. The molecule has 1 saturated heterocycles. The minimum Gasteiger partial charge on any atom is -0.381 e. The molecule has 11 nitrogen and oxygen atoms in total. The first kappa shape index (κ1) is 31.7. The summed E-state index contributed by atoms with van der Waals surface area (Å²) in [6.45, 7) is 2.14. The summed E-state index contributed by atoms with van der Waals surface area (Å²) in [4.78, 5) is 29.5. The summed E-state index contributed by atoms with van der Waals surface area (Å²) in [6, 6.07) is -0.210. The third-order valence-corrected chi connectivity index (χ3v) is 10.9. The first-order valence-corrected chi connectivity index (χ1v) is 16.7. The van der Waals surface area contributed by atoms with Crippen LogP contribution >= 0.6 is 11.6 Å². The van der Waals surface area contributed by atoms with Crippen molar-refractivity contribution in [1.29, 1.82) is 0 Å². The molecule has 0 aromatic rings. The Morgan fingerprint density at radius 2 is 1.80 bits per heavy atom. The third kappa shape index (κ3) is 8.87. The number of nitrogens with zero attached hydrogens (tertiary/aromatic N) is 1. The van der Waals surface area contributed by atoms with Crippen molar-refractivity contribution in [3.63, 3.8) is 0 Å². The number of halogens is 2. The van der Waals surface area contributed by atoms with Gasteiger partial charge in [-0.3, -0.25) is 20.4 Å². The Hall–Kier alpha value is -1.25. The Morgan fingerprint density at radius 3 is 2.48 bits per heavy atom. The molecule has 3 amide bonds. The number of hydrogen-bond acceptors (Lipinski definition) is 7. The molecule has 0 spiro atoms. The number of urea groups is 1. The Morgan fingerprint density at radius 1 is 1.07 bits per heavy atom. The number of rotatable bonds is 10. The average Bonchev–Trinajstić information content (AvgIpc) is 3.56. The molecule has 5 N–H and O–H groups in total. The van der Waals surface area contributed by atoms with Gasteiger partial charge in [0.1, 0.15) is 6.17 Å². The van der Waals surface area contributed by atoms with Gasteiger partial charge >= 0.3 is 6.03 Å². The van der Waals surface area contributed by atoms with E-state index in [1.807, 2.05) is 7.05 Å². The summed E-state index contributed by atoms with van der Waals surface area (Å²) in [5, 5.41) is 8.49. The zero-order valence-corrected chi connectivity index (χ0v) is 25.1. The minimum atomic E-state index is -3.84. The van der Waals surface area contributed by atoms with Crippen molar-refractivity contribution in [3.05, 3.63) is 0 Å². The lowest BCUT2D eigenvalue weighted by Crippen LogP contribution is -2.52. The van der Waals surface area contributed by atoms with Crippen LogP contribution in [0.3, 0.4) is 0 Å². The lowest BCUT2D eigenvalue weighted by Gasteiger charge is -2.37. The van der Waals surface area contributed by atoms with Gasteiger partial charge < -0.3 is 15.4 Å². The standard InChI is InChI=1S/C26H46ClFN6O5S/c1-34-13-23(30-15-34)18-10-21(24(28)22(27)11-18)25(35)32-33-40(37,38)14-17-3-6-19(9-17)31-26(36)29-12-16-4-7-20(39-2)8-5-16/h16-24,30,33H,3-15H2,1-2H3,(H,32,35)(H2,29,31,36). The quantitative estimate of drug-likeness (QED) is 0.187. The maximum atomic E-state index is 14.9. The lowest BCUT2D eigenvalue weighted by atomic mass is 9.76. The zero-order chi connectivity index (χ0) is 28.9. The number of carbonyl (C=O) groups is 2. The minimum absolute atomic E-state index is 0.0256. The number of alkyl halides is 2. The second-order valence-corrected chi connectivity index (χ2v) is 14.6. The molecule has 0 radical (unpaired) electrons. The third-order valence-electron chi connectivity index (χ3n) is 9.19. The molecule has 1 aliphatic heterocycles. The lowest BCUT2D eigenvalue weighted by molar-refractivity contribution is -0.129. The van der Waals surface area contributed by atoms with Gasteiger partial charge in [-0.25, -0.2) is 17.6 Å². The molecule has 0 aromatic heterocycles. The highest BCUT2D eigenvalue weighted by molar-refractivity contribution is 7.89. The summed E-state index contributed by atoms with van der Waals surface area (Å²) in [5.74, 6) is -1.59. The predicted molar refractivity (Wildman–Crippen MR) is 151 cm³/mol. The van der Waals surface area contributed by atoms with Gasteiger partial charge in [-0.05, 0) is 82.6 Å². The number of hydrogen-bond donors (Lipinski definition) is 5. The number of nitrogens with one attached hydrogen (secondary N) is 5. The summed E-state index contributed by atoms with van der Waals surface area (Å²) >= 11 is 6.26. The fourth-order valence-electron chi connectivity index (χ4n) is 6.83. The molecule has 0 bridgehead atoms. The SMILES string of the molecule is COC1CCC(CNC(=O)NC2CCC(CS(=O)(=O)NNC(=O)C3CC(C4CN(C)CN4)CC(Cl)C3F)C2)CC1. The van der Waals surface area contributed by atoms with Crippen LogP contribution in [-0.2, 0) is 19.6 Å². The van der Waals surface area contributed by atoms with E-state index in [9.17, 15) is 22.4 Å². The van der Waals surface area contributed by atoms with E-state index in [-0.39, 0.29) is 35.7 Å². The van der Waals surface area contributed by atoms with Gasteiger partial charge in [-0.1, -0.05) is 0 Å². The van der Waals surface area contributed by atoms with E-state index in [4.69, 9.17) is 16.3 Å². The van der Waals surface area contributed by atoms with Gasteiger partial charge in [0.25, 0.3) is 0 Å². The van der Waals surface area contributed by atoms with Crippen LogP contribution in [0.15, 0.2) is 0 Å². The highest BCUT2D eigenvalue weighted by Gasteiger charge is 2.44. The summed E-state index contributed by atoms with van der Waals surface area (Å²) in [6.07, 6.45) is 5.49. The first-order chi connectivity index (χ1) is 19.0. The van der Waals surface area contributed by atoms with Gasteiger partial charge in [0.05, 0.1) is 23.2 Å². The largest absolute Gasteiger partial charge is 0.381 e. The Balaban J connectivity index is 1.16. The van der Waals surface area contributed by atoms with Crippen LogP contribution in [-0.4, -0.2) is 94.7 Å². The predicted octanol–water partition coefficient (Wildman–Crippen LogP) is 1.44. The first-order valence-electron chi connectivity index (χ1n) is 14.6. The smallest absolute Gasteiger partial charge is 0.315 e. The zero-order valence-electron chi connectivity index (χ0n) is 23.5. The van der Waals surface area contributed by atoms with Crippen LogP contribution in [0.4, 0.5) is 9.18 Å². The van der Waals surface area contributed by atoms with Crippen LogP contribution in [0.2, 0.25) is 0 Å². The highest BCUT2D eigenvalue weighted by atomic mass is 35.5. The fourth-order valence-corrected chi connectivity index (χ4v) is 8.50. The van der Waals surface area contributed by atoms with Gasteiger partial charge in [-0.2, -0.15) is 0 Å². The van der Waals surface area contributed by atoms with E-state index in [0.29, 0.717) is 50.7 Å². The maximum absolute atomic E-state index is 14.9. The maximum Gasteiger partial charge on any atom is 0.315 e. The molecule has 40 heavy (non-hydrogen) atoms. The molecule has 3 aliphatic carbocycles. The van der Waals surface area contributed by atoms with Crippen molar-refractivity contribution in [3.8, 4) is 0 Å². The molecule has 4 aliphatic rings. The molecule has 4 rings (SSSR count). The molecule has 3 saturated carbocycles. The fraction of sp³-hybridized carbons (Fsp3) is 0.923. The van der Waals surface area contributed by atoms with E-state index in [2.05, 4.69) is 31.1 Å². The molecule has 4 fully saturated rings. The molecule has 7 unspecified atom stereocenters. The van der Waals surface area contributed by atoms with E-state index in [1.54, 1.807) is 7.11 Å². The van der Waals surface area contributed by atoms with Crippen molar-refractivity contribution < 1.29 is 27.1 Å². The number of carbonyl (C=O) groups excluding carboxylic acids is 2. The van der Waals surface area contributed by atoms with Crippen LogP contribution < -0.4 is 26.2 Å². The molecule has 1 heterocycles. The summed E-state index contributed by atoms with van der Waals surface area (Å²) in [5.41, 5.74) is 2.24. The monoisotopic (exact) mass is 608 g/mol. The molecule has 14 heteroatoms.